The van der Waals surface area contributed by atoms with E-state index in [0.717, 1.165) is 0 Å². The number of carbonyl (C=O) groups is 1. The fraction of sp³-hybridized carbons (Fsp3) is 0.417. The minimum atomic E-state index is -0.498. The van der Waals surface area contributed by atoms with Crippen molar-refractivity contribution in [2.45, 2.75) is 6.42 Å². The molecule has 3 N–H and O–H groups in total. The fourth-order valence-corrected chi connectivity index (χ4v) is 1.69. The molecule has 0 fully saturated rings. The molecule has 0 aliphatic heterocycles. The molecule has 0 bridgehead atoms. The number of hydrogen-bond acceptors (Lipinski definition) is 6. The largest absolute Gasteiger partial charge is 0.493 e. The Kier molecular flexibility index (Phi) is 5.73. The van der Waals surface area contributed by atoms with Crippen LogP contribution in [0.2, 0.25) is 0 Å². The van der Waals surface area contributed by atoms with Crippen molar-refractivity contribution in [2.24, 2.45) is 5.73 Å². The predicted octanol–water partition coefficient (Wildman–Crippen LogP) is 0.229. The third-order valence-electron chi connectivity index (χ3n) is 2.68. The summed E-state index contributed by atoms with van der Waals surface area (Å²) in [5, 5.41) is 13.6. The van der Waals surface area contributed by atoms with E-state index in [4.69, 9.17) is 15.2 Å². The topological polar surface area (TPSA) is 117 Å². The van der Waals surface area contributed by atoms with E-state index in [1.54, 1.807) is 0 Å². The summed E-state index contributed by atoms with van der Waals surface area (Å²) in [5.41, 5.74) is 5.53. The molecule has 8 nitrogen and oxygen atoms in total. The first-order chi connectivity index (χ1) is 9.53. The number of nitro groups is 1. The minimum absolute atomic E-state index is 0.0790. The van der Waals surface area contributed by atoms with Crippen LogP contribution >= 0.6 is 0 Å². The lowest BCUT2D eigenvalue weighted by atomic mass is 10.1. The van der Waals surface area contributed by atoms with Crippen LogP contribution in [0.1, 0.15) is 5.56 Å². The summed E-state index contributed by atoms with van der Waals surface area (Å²) in [7, 11) is 2.85. The van der Waals surface area contributed by atoms with Crippen LogP contribution in [0.4, 0.5) is 5.69 Å². The highest BCUT2D eigenvalue weighted by molar-refractivity contribution is 5.77. The van der Waals surface area contributed by atoms with Crippen LogP contribution < -0.4 is 20.5 Å². The second kappa shape index (κ2) is 7.29. The standard InChI is InChI=1S/C12H17N3O5/c1-19-10-5-8(3-4-14-12(16)7-13)9(15(17)18)6-11(10)20-2/h5-6H,3-4,7,13H2,1-2H3,(H,14,16). The monoisotopic (exact) mass is 283 g/mol. The molecule has 0 spiro atoms. The average molecular weight is 283 g/mol. The minimum Gasteiger partial charge on any atom is -0.493 e. The van der Waals surface area contributed by atoms with Gasteiger partial charge in [0, 0.05) is 12.1 Å². The molecule has 0 saturated carbocycles. The fourth-order valence-electron chi connectivity index (χ4n) is 1.69. The lowest BCUT2D eigenvalue weighted by molar-refractivity contribution is -0.385. The zero-order valence-corrected chi connectivity index (χ0v) is 11.3. The van der Waals surface area contributed by atoms with Crippen LogP contribution in [0, 0.1) is 10.1 Å². The van der Waals surface area contributed by atoms with Gasteiger partial charge in [0.2, 0.25) is 5.91 Å². The Bertz CT molecular complexity index is 504. The number of benzene rings is 1. The molecule has 0 radical (unpaired) electrons. The Morgan fingerprint density at radius 3 is 2.45 bits per heavy atom. The van der Waals surface area contributed by atoms with Crippen molar-refractivity contribution in [3.63, 3.8) is 0 Å². The number of nitro benzene ring substituents is 1. The molecule has 0 heterocycles. The molecule has 1 aromatic rings. The molecular weight excluding hydrogens is 266 g/mol. The van der Waals surface area contributed by atoms with Gasteiger partial charge in [0.05, 0.1) is 31.8 Å². The Morgan fingerprint density at radius 1 is 1.35 bits per heavy atom. The van der Waals surface area contributed by atoms with Crippen LogP contribution in [0.15, 0.2) is 12.1 Å². The molecule has 0 aromatic heterocycles. The van der Waals surface area contributed by atoms with E-state index >= 15 is 0 Å². The number of nitrogens with one attached hydrogen (secondary N) is 1. The zero-order valence-electron chi connectivity index (χ0n) is 11.3. The second-order valence-electron chi connectivity index (χ2n) is 3.90. The Balaban J connectivity index is 2.97. The Morgan fingerprint density at radius 2 is 1.95 bits per heavy atom. The SMILES string of the molecule is COc1cc(CCNC(=O)CN)c([N+](=O)[O-])cc1OC. The van der Waals surface area contributed by atoms with E-state index in [-0.39, 0.29) is 30.4 Å². The van der Waals surface area contributed by atoms with Gasteiger partial charge in [0.15, 0.2) is 11.5 Å². The zero-order chi connectivity index (χ0) is 15.1. The summed E-state index contributed by atoms with van der Waals surface area (Å²) in [6.45, 7) is 0.139. The molecule has 0 aliphatic rings. The van der Waals surface area contributed by atoms with Crippen LogP contribution in [0.25, 0.3) is 0 Å². The van der Waals surface area contributed by atoms with Crippen LogP contribution in [-0.4, -0.2) is 38.1 Å². The van der Waals surface area contributed by atoms with Crippen molar-refractivity contribution in [1.82, 2.24) is 5.32 Å². The first kappa shape index (κ1) is 15.7. The van der Waals surface area contributed by atoms with Gasteiger partial charge < -0.3 is 20.5 Å². The number of methoxy groups -OCH3 is 2. The van der Waals surface area contributed by atoms with Gasteiger partial charge in [0.1, 0.15) is 0 Å². The quantitative estimate of drug-likeness (QED) is 0.546. The number of nitrogens with zero attached hydrogens (tertiary/aromatic N) is 1. The molecule has 0 saturated heterocycles. The molecule has 20 heavy (non-hydrogen) atoms. The van der Waals surface area contributed by atoms with Gasteiger partial charge in [-0.25, -0.2) is 0 Å². The smallest absolute Gasteiger partial charge is 0.276 e. The second-order valence-corrected chi connectivity index (χ2v) is 3.90. The maximum Gasteiger partial charge on any atom is 0.276 e. The summed E-state index contributed by atoms with van der Waals surface area (Å²) >= 11 is 0. The van der Waals surface area contributed by atoms with E-state index in [2.05, 4.69) is 5.32 Å². The highest BCUT2D eigenvalue weighted by Gasteiger charge is 2.19. The van der Waals surface area contributed by atoms with E-state index in [9.17, 15) is 14.9 Å². The van der Waals surface area contributed by atoms with Gasteiger partial charge in [0.25, 0.3) is 5.69 Å². The van der Waals surface area contributed by atoms with Crippen molar-refractivity contribution < 1.29 is 19.2 Å². The molecule has 0 atom stereocenters. The van der Waals surface area contributed by atoms with Crippen LogP contribution in [-0.2, 0) is 11.2 Å². The lowest BCUT2D eigenvalue weighted by Crippen LogP contribution is -2.31. The molecule has 1 rings (SSSR count). The number of ether oxygens (including phenoxy) is 2. The summed E-state index contributed by atoms with van der Waals surface area (Å²) in [6.07, 6.45) is 0.294. The Labute approximate surface area is 116 Å². The van der Waals surface area contributed by atoms with Crippen molar-refractivity contribution in [1.29, 1.82) is 0 Å². The maximum absolute atomic E-state index is 11.0. The Hall–Kier alpha value is -2.35. The van der Waals surface area contributed by atoms with Crippen molar-refractivity contribution in [2.75, 3.05) is 27.3 Å². The van der Waals surface area contributed by atoms with Crippen molar-refractivity contribution >= 4 is 11.6 Å². The van der Waals surface area contributed by atoms with Crippen molar-refractivity contribution in [3.8, 4) is 11.5 Å². The summed E-state index contributed by atoms with van der Waals surface area (Å²) < 4.78 is 10.1. The van der Waals surface area contributed by atoms with Gasteiger partial charge in [-0.15, -0.1) is 0 Å². The highest BCUT2D eigenvalue weighted by Crippen LogP contribution is 2.34. The predicted molar refractivity (Wildman–Crippen MR) is 72.0 cm³/mol. The normalized spacial score (nSPS) is 9.95. The van der Waals surface area contributed by atoms with Gasteiger partial charge in [-0.2, -0.15) is 0 Å². The molecule has 8 heteroatoms. The van der Waals surface area contributed by atoms with E-state index in [0.29, 0.717) is 17.7 Å². The number of hydrogen-bond donors (Lipinski definition) is 2. The van der Waals surface area contributed by atoms with Gasteiger partial charge in [-0.3, -0.25) is 14.9 Å². The number of carbonyl (C=O) groups excluding carboxylic acids is 1. The molecule has 1 amide bonds. The van der Waals surface area contributed by atoms with Gasteiger partial charge in [-0.05, 0) is 12.5 Å². The number of rotatable bonds is 7. The highest BCUT2D eigenvalue weighted by atomic mass is 16.6. The first-order valence-corrected chi connectivity index (χ1v) is 5.89. The molecule has 1 aromatic carbocycles. The van der Waals surface area contributed by atoms with E-state index in [1.165, 1.54) is 26.4 Å². The number of amides is 1. The molecule has 0 aliphatic carbocycles. The van der Waals surface area contributed by atoms with Crippen LogP contribution in [0.3, 0.4) is 0 Å². The summed E-state index contributed by atoms with van der Waals surface area (Å²) in [6, 6.07) is 2.84. The number of nitrogens with two attached hydrogens (primary N) is 1. The van der Waals surface area contributed by atoms with Crippen LogP contribution in [0.5, 0.6) is 11.5 Å². The van der Waals surface area contributed by atoms with Crippen molar-refractivity contribution in [3.05, 3.63) is 27.8 Å². The summed E-state index contributed by atoms with van der Waals surface area (Å²) in [4.78, 5) is 21.6. The first-order valence-electron chi connectivity index (χ1n) is 5.89. The van der Waals surface area contributed by atoms with Gasteiger partial charge >= 0.3 is 0 Å². The third kappa shape index (κ3) is 3.82. The summed E-state index contributed by atoms with van der Waals surface area (Å²) in [5.74, 6) is 0.375. The van der Waals surface area contributed by atoms with Gasteiger partial charge in [-0.1, -0.05) is 0 Å². The third-order valence-corrected chi connectivity index (χ3v) is 2.68. The molecular formula is C12H17N3O5. The molecule has 110 valence electrons. The lowest BCUT2D eigenvalue weighted by Gasteiger charge is -2.10. The average Bonchev–Trinajstić information content (AvgIpc) is 2.45. The maximum atomic E-state index is 11.0. The molecule has 0 unspecified atom stereocenters. The van der Waals surface area contributed by atoms with E-state index in [1.807, 2.05) is 0 Å². The van der Waals surface area contributed by atoms with E-state index < -0.39 is 4.92 Å².